The molecule has 3 rings (SSSR count). The average molecular weight is 325 g/mol. The zero-order chi connectivity index (χ0) is 14.8. The summed E-state index contributed by atoms with van der Waals surface area (Å²) in [5, 5.41) is 4.73. The minimum Gasteiger partial charge on any atom is -0.304 e. The Hall–Kier alpha value is -0.970. The number of benzene rings is 1. The van der Waals surface area contributed by atoms with Crippen LogP contribution in [0.3, 0.4) is 0 Å². The van der Waals surface area contributed by atoms with Gasteiger partial charge in [-0.3, -0.25) is 0 Å². The second-order valence-electron chi connectivity index (χ2n) is 5.29. The Morgan fingerprint density at radius 3 is 2.90 bits per heavy atom. The first-order valence-corrected chi connectivity index (χ1v) is 8.55. The van der Waals surface area contributed by atoms with Gasteiger partial charge in [0.15, 0.2) is 0 Å². The Morgan fingerprint density at radius 1 is 1.38 bits per heavy atom. The highest BCUT2D eigenvalue weighted by molar-refractivity contribution is 7.11. The van der Waals surface area contributed by atoms with E-state index in [0.717, 1.165) is 24.4 Å². The van der Waals surface area contributed by atoms with Crippen molar-refractivity contribution in [2.24, 2.45) is 0 Å². The van der Waals surface area contributed by atoms with Crippen LogP contribution in [0.1, 0.15) is 46.9 Å². The lowest BCUT2D eigenvalue weighted by Gasteiger charge is -2.16. The van der Waals surface area contributed by atoms with Crippen molar-refractivity contribution in [1.82, 2.24) is 10.3 Å². The fourth-order valence-corrected chi connectivity index (χ4v) is 4.17. The predicted molar refractivity (Wildman–Crippen MR) is 85.7 cm³/mol. The maximum Gasteiger partial charge on any atom is 0.129 e. The van der Waals surface area contributed by atoms with E-state index in [1.165, 1.54) is 29.5 Å². The summed E-state index contributed by atoms with van der Waals surface area (Å²) in [7, 11) is 0. The lowest BCUT2D eigenvalue weighted by Crippen LogP contribution is -2.23. The predicted octanol–water partition coefficient (Wildman–Crippen LogP) is 4.51. The lowest BCUT2D eigenvalue weighted by molar-refractivity contribution is 0.556. The smallest absolute Gasteiger partial charge is 0.129 e. The van der Waals surface area contributed by atoms with E-state index in [-0.39, 0.29) is 11.9 Å². The van der Waals surface area contributed by atoms with E-state index in [4.69, 9.17) is 16.6 Å². The van der Waals surface area contributed by atoms with Crippen molar-refractivity contribution >= 4 is 22.9 Å². The summed E-state index contributed by atoms with van der Waals surface area (Å²) in [6, 6.07) is 4.67. The van der Waals surface area contributed by atoms with E-state index < -0.39 is 0 Å². The first-order valence-electron chi connectivity index (χ1n) is 7.36. The Morgan fingerprint density at radius 2 is 2.19 bits per heavy atom. The van der Waals surface area contributed by atoms with Gasteiger partial charge in [-0.05, 0) is 44.4 Å². The molecule has 1 unspecified atom stereocenters. The minimum atomic E-state index is -0.276. The van der Waals surface area contributed by atoms with Crippen molar-refractivity contribution in [1.29, 1.82) is 0 Å². The molecule has 2 nitrogen and oxygen atoms in total. The second kappa shape index (κ2) is 6.42. The number of thiazole rings is 1. The van der Waals surface area contributed by atoms with E-state index in [0.29, 0.717) is 10.6 Å². The van der Waals surface area contributed by atoms with Crippen LogP contribution in [-0.2, 0) is 12.8 Å². The zero-order valence-electron chi connectivity index (χ0n) is 12.0. The Kier molecular flexibility index (Phi) is 4.57. The highest BCUT2D eigenvalue weighted by atomic mass is 35.5. The largest absolute Gasteiger partial charge is 0.304 e. The molecule has 5 heteroatoms. The number of nitrogens with zero attached hydrogens (tertiary/aromatic N) is 1. The van der Waals surface area contributed by atoms with Crippen LogP contribution in [-0.4, -0.2) is 11.5 Å². The molecule has 0 bridgehead atoms. The van der Waals surface area contributed by atoms with E-state index in [9.17, 15) is 4.39 Å². The molecule has 0 saturated heterocycles. The molecule has 0 spiro atoms. The van der Waals surface area contributed by atoms with Crippen LogP contribution in [0.5, 0.6) is 0 Å². The van der Waals surface area contributed by atoms with Gasteiger partial charge in [0.2, 0.25) is 0 Å². The summed E-state index contributed by atoms with van der Waals surface area (Å²) in [4.78, 5) is 6.14. The average Bonchev–Trinajstić information content (AvgIpc) is 2.89. The molecule has 0 amide bonds. The molecular weight excluding hydrogens is 307 g/mol. The van der Waals surface area contributed by atoms with Gasteiger partial charge in [0, 0.05) is 15.5 Å². The van der Waals surface area contributed by atoms with Gasteiger partial charge < -0.3 is 5.32 Å². The monoisotopic (exact) mass is 324 g/mol. The summed E-state index contributed by atoms with van der Waals surface area (Å²) in [6.45, 7) is 2.78. The van der Waals surface area contributed by atoms with Crippen molar-refractivity contribution < 1.29 is 4.39 Å². The van der Waals surface area contributed by atoms with Crippen molar-refractivity contribution in [2.75, 3.05) is 6.54 Å². The number of aryl methyl sites for hydroxylation is 2. The molecule has 1 aliphatic carbocycles. The van der Waals surface area contributed by atoms with Gasteiger partial charge in [-0.1, -0.05) is 24.6 Å². The number of hydrogen-bond acceptors (Lipinski definition) is 3. The molecule has 1 atom stereocenters. The van der Waals surface area contributed by atoms with Gasteiger partial charge in [-0.15, -0.1) is 11.3 Å². The number of aromatic nitrogens is 1. The third kappa shape index (κ3) is 3.12. The topological polar surface area (TPSA) is 24.9 Å². The van der Waals surface area contributed by atoms with Gasteiger partial charge in [0.1, 0.15) is 10.8 Å². The number of fused-ring (bicyclic) bond motifs is 1. The lowest BCUT2D eigenvalue weighted by atomic mass is 10.0. The molecule has 0 aliphatic heterocycles. The van der Waals surface area contributed by atoms with E-state index >= 15 is 0 Å². The van der Waals surface area contributed by atoms with Crippen LogP contribution in [0.15, 0.2) is 18.2 Å². The van der Waals surface area contributed by atoms with E-state index in [1.54, 1.807) is 23.5 Å². The third-order valence-electron chi connectivity index (χ3n) is 3.79. The Balaban J connectivity index is 1.99. The summed E-state index contributed by atoms with van der Waals surface area (Å²) in [5.74, 6) is -0.276. The molecule has 1 aromatic heterocycles. The highest BCUT2D eigenvalue weighted by Gasteiger charge is 2.23. The number of rotatable bonds is 4. The quantitative estimate of drug-likeness (QED) is 0.894. The standard InChI is InChI=1S/C16H18ClFN2S/c1-2-19-15(11-8-7-10(17)9-12(11)18)16-20-13-5-3-4-6-14(13)21-16/h7-9,15,19H,2-6H2,1H3. The van der Waals surface area contributed by atoms with Gasteiger partial charge in [0.05, 0.1) is 11.7 Å². The molecule has 0 radical (unpaired) electrons. The molecule has 1 aromatic carbocycles. The van der Waals surface area contributed by atoms with Gasteiger partial charge in [-0.2, -0.15) is 0 Å². The van der Waals surface area contributed by atoms with Gasteiger partial charge in [-0.25, -0.2) is 9.37 Å². The SMILES string of the molecule is CCNC(c1nc2c(s1)CCCC2)c1ccc(Cl)cc1F. The fraction of sp³-hybridized carbons (Fsp3) is 0.438. The second-order valence-corrected chi connectivity index (χ2v) is 6.84. The molecule has 1 heterocycles. The first kappa shape index (κ1) is 14.9. The molecular formula is C16H18ClFN2S. The zero-order valence-corrected chi connectivity index (χ0v) is 13.5. The van der Waals surface area contributed by atoms with Crippen LogP contribution in [0.2, 0.25) is 5.02 Å². The third-order valence-corrected chi connectivity index (χ3v) is 5.25. The first-order chi connectivity index (χ1) is 10.2. The van der Waals surface area contributed by atoms with Crippen LogP contribution >= 0.6 is 22.9 Å². The molecule has 0 fully saturated rings. The normalized spacial score (nSPS) is 15.8. The maximum atomic E-state index is 14.2. The van der Waals surface area contributed by atoms with Crippen molar-refractivity contribution in [2.45, 2.75) is 38.6 Å². The van der Waals surface area contributed by atoms with E-state index in [2.05, 4.69) is 5.32 Å². The van der Waals surface area contributed by atoms with Gasteiger partial charge in [0.25, 0.3) is 0 Å². The number of halogens is 2. The molecule has 1 aliphatic rings. The number of hydrogen-bond donors (Lipinski definition) is 1. The molecule has 112 valence electrons. The minimum absolute atomic E-state index is 0.192. The summed E-state index contributed by atoms with van der Waals surface area (Å²) in [5.41, 5.74) is 1.82. The fourth-order valence-electron chi connectivity index (χ4n) is 2.77. The Bertz CT molecular complexity index is 618. The molecule has 0 saturated carbocycles. The molecule has 1 N–H and O–H groups in total. The van der Waals surface area contributed by atoms with Crippen LogP contribution < -0.4 is 5.32 Å². The Labute approximate surface area is 133 Å². The van der Waals surface area contributed by atoms with Crippen LogP contribution in [0.25, 0.3) is 0 Å². The highest BCUT2D eigenvalue weighted by Crippen LogP contribution is 2.33. The van der Waals surface area contributed by atoms with Crippen molar-refractivity contribution in [3.8, 4) is 0 Å². The van der Waals surface area contributed by atoms with Crippen LogP contribution in [0, 0.1) is 5.82 Å². The van der Waals surface area contributed by atoms with E-state index in [1.807, 2.05) is 6.92 Å². The molecule has 2 aromatic rings. The summed E-state index contributed by atoms with van der Waals surface area (Å²) >= 11 is 7.57. The van der Waals surface area contributed by atoms with Crippen LogP contribution in [0.4, 0.5) is 4.39 Å². The summed E-state index contributed by atoms with van der Waals surface area (Å²) < 4.78 is 14.2. The van der Waals surface area contributed by atoms with Gasteiger partial charge >= 0.3 is 0 Å². The van der Waals surface area contributed by atoms with Crippen molar-refractivity contribution in [3.05, 3.63) is 50.2 Å². The van der Waals surface area contributed by atoms with Crippen molar-refractivity contribution in [3.63, 3.8) is 0 Å². The molecule has 21 heavy (non-hydrogen) atoms. The number of nitrogens with one attached hydrogen (secondary N) is 1. The summed E-state index contributed by atoms with van der Waals surface area (Å²) in [6.07, 6.45) is 4.59. The maximum absolute atomic E-state index is 14.2.